The van der Waals surface area contributed by atoms with Crippen molar-refractivity contribution in [2.75, 3.05) is 13.2 Å². The summed E-state index contributed by atoms with van der Waals surface area (Å²) in [6.45, 7) is 0.651. The van der Waals surface area contributed by atoms with Crippen molar-refractivity contribution >= 4 is 0 Å². The van der Waals surface area contributed by atoms with Crippen LogP contribution in [0.1, 0.15) is 6.04 Å². The summed E-state index contributed by atoms with van der Waals surface area (Å²) in [5, 5.41) is 0. The van der Waals surface area contributed by atoms with Crippen molar-refractivity contribution in [2.45, 2.75) is 6.04 Å². The number of H-pyrrole nitrogens is 1. The molecule has 1 fully saturated rings. The molecule has 0 aliphatic carbocycles. The highest BCUT2D eigenvalue weighted by atomic mass is 17.2. The standard InChI is InChI=1S/C7H8N2O4/c10-6-1-2-9(7(11)8-6)5-3-12-13-4-5/h1-2,5H,3-4H2,(H,8,10,11). The molecule has 0 saturated carbocycles. The average Bonchev–Trinajstić information content (AvgIpc) is 2.56. The molecule has 2 heterocycles. The lowest BCUT2D eigenvalue weighted by atomic mass is 10.3. The van der Waals surface area contributed by atoms with Crippen molar-refractivity contribution in [3.63, 3.8) is 0 Å². The van der Waals surface area contributed by atoms with Gasteiger partial charge in [0.05, 0.1) is 6.04 Å². The van der Waals surface area contributed by atoms with Crippen molar-refractivity contribution in [1.29, 1.82) is 0 Å². The molecule has 6 nitrogen and oxygen atoms in total. The van der Waals surface area contributed by atoms with Crippen molar-refractivity contribution in [3.8, 4) is 0 Å². The first-order valence-electron chi connectivity index (χ1n) is 3.83. The predicted molar refractivity (Wildman–Crippen MR) is 42.3 cm³/mol. The number of aromatic amines is 1. The first-order chi connectivity index (χ1) is 6.27. The topological polar surface area (TPSA) is 73.3 Å². The molecule has 70 valence electrons. The number of aromatic nitrogens is 2. The number of hydrogen-bond acceptors (Lipinski definition) is 4. The van der Waals surface area contributed by atoms with Gasteiger partial charge in [0.1, 0.15) is 13.2 Å². The smallest absolute Gasteiger partial charge is 0.293 e. The Morgan fingerprint density at radius 3 is 2.69 bits per heavy atom. The van der Waals surface area contributed by atoms with E-state index in [2.05, 4.69) is 14.8 Å². The van der Waals surface area contributed by atoms with Crippen LogP contribution in [0.15, 0.2) is 21.9 Å². The highest BCUT2D eigenvalue weighted by Gasteiger charge is 2.19. The van der Waals surface area contributed by atoms with Gasteiger partial charge in [-0.05, 0) is 0 Å². The van der Waals surface area contributed by atoms with Gasteiger partial charge in [0.2, 0.25) is 0 Å². The fourth-order valence-electron chi connectivity index (χ4n) is 1.18. The molecule has 6 heteroatoms. The minimum absolute atomic E-state index is 0.149. The summed E-state index contributed by atoms with van der Waals surface area (Å²) >= 11 is 0. The zero-order valence-electron chi connectivity index (χ0n) is 6.73. The van der Waals surface area contributed by atoms with Crippen molar-refractivity contribution in [2.24, 2.45) is 0 Å². The molecule has 2 rings (SSSR count). The van der Waals surface area contributed by atoms with Crippen LogP contribution in [0.4, 0.5) is 0 Å². The third-order valence-corrected chi connectivity index (χ3v) is 1.85. The van der Waals surface area contributed by atoms with E-state index in [0.29, 0.717) is 13.2 Å². The summed E-state index contributed by atoms with van der Waals surface area (Å²) in [6, 6.07) is 1.14. The van der Waals surface area contributed by atoms with E-state index in [9.17, 15) is 9.59 Å². The maximum atomic E-state index is 11.2. The molecule has 1 aliphatic heterocycles. The summed E-state index contributed by atoms with van der Waals surface area (Å²) in [7, 11) is 0. The molecule has 1 N–H and O–H groups in total. The third-order valence-electron chi connectivity index (χ3n) is 1.85. The quantitative estimate of drug-likeness (QED) is 0.570. The molecule has 13 heavy (non-hydrogen) atoms. The SMILES string of the molecule is O=c1ccn(C2COOC2)c(=O)[nH]1. The van der Waals surface area contributed by atoms with Crippen LogP contribution in [-0.4, -0.2) is 22.8 Å². The Kier molecular flexibility index (Phi) is 1.99. The van der Waals surface area contributed by atoms with E-state index < -0.39 is 11.2 Å². The first-order valence-corrected chi connectivity index (χ1v) is 3.83. The van der Waals surface area contributed by atoms with Gasteiger partial charge in [0.25, 0.3) is 5.56 Å². The molecule has 0 atom stereocenters. The Balaban J connectivity index is 2.40. The molecule has 0 radical (unpaired) electrons. The molecule has 0 bridgehead atoms. The molecule has 0 aromatic carbocycles. The molecule has 1 aromatic heterocycles. The second-order valence-corrected chi connectivity index (χ2v) is 2.74. The Bertz CT molecular complexity index is 401. The summed E-state index contributed by atoms with van der Waals surface area (Å²) in [4.78, 5) is 33.4. The van der Waals surface area contributed by atoms with Gasteiger partial charge in [-0.25, -0.2) is 14.6 Å². The van der Waals surface area contributed by atoms with E-state index in [4.69, 9.17) is 0 Å². The predicted octanol–water partition coefficient (Wildman–Crippen LogP) is -0.960. The van der Waals surface area contributed by atoms with E-state index in [-0.39, 0.29) is 6.04 Å². The van der Waals surface area contributed by atoms with Crippen LogP contribution in [-0.2, 0) is 9.78 Å². The van der Waals surface area contributed by atoms with E-state index in [0.717, 1.165) is 0 Å². The molecule has 0 spiro atoms. The number of nitrogens with zero attached hydrogens (tertiary/aromatic N) is 1. The maximum Gasteiger partial charge on any atom is 0.328 e. The lowest BCUT2D eigenvalue weighted by Gasteiger charge is -2.07. The lowest BCUT2D eigenvalue weighted by Crippen LogP contribution is -2.32. The number of rotatable bonds is 1. The van der Waals surface area contributed by atoms with Crippen LogP contribution in [0.3, 0.4) is 0 Å². The van der Waals surface area contributed by atoms with Crippen LogP contribution < -0.4 is 11.2 Å². The van der Waals surface area contributed by atoms with Crippen LogP contribution in [0.2, 0.25) is 0 Å². The van der Waals surface area contributed by atoms with Gasteiger partial charge in [-0.2, -0.15) is 0 Å². The summed E-state index contributed by atoms with van der Waals surface area (Å²) in [5.74, 6) is 0. The summed E-state index contributed by atoms with van der Waals surface area (Å²) < 4.78 is 1.38. The van der Waals surface area contributed by atoms with E-state index in [1.807, 2.05) is 0 Å². The maximum absolute atomic E-state index is 11.2. The van der Waals surface area contributed by atoms with Gasteiger partial charge >= 0.3 is 5.69 Å². The Morgan fingerprint density at radius 2 is 2.08 bits per heavy atom. The van der Waals surface area contributed by atoms with Gasteiger partial charge < -0.3 is 0 Å². The average molecular weight is 184 g/mol. The van der Waals surface area contributed by atoms with Crippen LogP contribution >= 0.6 is 0 Å². The normalized spacial score (nSPS) is 17.8. The van der Waals surface area contributed by atoms with E-state index >= 15 is 0 Å². The summed E-state index contributed by atoms with van der Waals surface area (Å²) in [5.41, 5.74) is -0.840. The van der Waals surface area contributed by atoms with Crippen molar-refractivity contribution in [1.82, 2.24) is 9.55 Å². The first kappa shape index (κ1) is 8.21. The zero-order valence-corrected chi connectivity index (χ0v) is 6.73. The molecule has 1 aliphatic rings. The molecular weight excluding hydrogens is 176 g/mol. The number of hydrogen-bond donors (Lipinski definition) is 1. The van der Waals surface area contributed by atoms with E-state index in [1.165, 1.54) is 16.8 Å². The second-order valence-electron chi connectivity index (χ2n) is 2.74. The zero-order chi connectivity index (χ0) is 9.26. The third kappa shape index (κ3) is 1.53. The fraction of sp³-hybridized carbons (Fsp3) is 0.429. The Hall–Kier alpha value is -1.40. The largest absolute Gasteiger partial charge is 0.328 e. The molecular formula is C7H8N2O4. The fourth-order valence-corrected chi connectivity index (χ4v) is 1.18. The lowest BCUT2D eigenvalue weighted by molar-refractivity contribution is -0.248. The van der Waals surface area contributed by atoms with E-state index in [1.54, 1.807) is 0 Å². The van der Waals surface area contributed by atoms with Crippen molar-refractivity contribution in [3.05, 3.63) is 33.1 Å². The van der Waals surface area contributed by atoms with Gasteiger partial charge in [0, 0.05) is 12.3 Å². The van der Waals surface area contributed by atoms with Crippen molar-refractivity contribution < 1.29 is 9.78 Å². The molecule has 1 saturated heterocycles. The van der Waals surface area contributed by atoms with Crippen LogP contribution in [0.25, 0.3) is 0 Å². The minimum atomic E-state index is -0.438. The highest BCUT2D eigenvalue weighted by molar-refractivity contribution is 4.86. The monoisotopic (exact) mass is 184 g/mol. The van der Waals surface area contributed by atoms with Crippen LogP contribution in [0.5, 0.6) is 0 Å². The Labute approximate surface area is 72.6 Å². The number of nitrogens with one attached hydrogen (secondary N) is 1. The molecule has 0 unspecified atom stereocenters. The summed E-state index contributed by atoms with van der Waals surface area (Å²) in [6.07, 6.45) is 1.43. The second kappa shape index (κ2) is 3.15. The Morgan fingerprint density at radius 1 is 1.38 bits per heavy atom. The van der Waals surface area contributed by atoms with Gasteiger partial charge in [0.15, 0.2) is 0 Å². The van der Waals surface area contributed by atoms with Crippen LogP contribution in [0, 0.1) is 0 Å². The highest BCUT2D eigenvalue weighted by Crippen LogP contribution is 2.10. The van der Waals surface area contributed by atoms with Gasteiger partial charge in [-0.1, -0.05) is 0 Å². The molecule has 1 aromatic rings. The molecule has 0 amide bonds. The minimum Gasteiger partial charge on any atom is -0.293 e. The van der Waals surface area contributed by atoms with Gasteiger partial charge in [-0.15, -0.1) is 0 Å². The van der Waals surface area contributed by atoms with Gasteiger partial charge in [-0.3, -0.25) is 14.3 Å².